The summed E-state index contributed by atoms with van der Waals surface area (Å²) in [6.07, 6.45) is 1.35. The zero-order valence-electron chi connectivity index (χ0n) is 10.8. The van der Waals surface area contributed by atoms with Crippen LogP contribution in [0.2, 0.25) is 0 Å². The first kappa shape index (κ1) is 15.9. The lowest BCUT2D eigenvalue weighted by Crippen LogP contribution is -2.25. The highest BCUT2D eigenvalue weighted by molar-refractivity contribution is 9.10. The van der Waals surface area contributed by atoms with Gasteiger partial charge in [-0.3, -0.25) is 4.68 Å². The molecule has 21 heavy (non-hydrogen) atoms. The third-order valence-corrected chi connectivity index (χ3v) is 3.64. The van der Waals surface area contributed by atoms with Crippen LogP contribution in [0.4, 0.5) is 22.0 Å². The van der Waals surface area contributed by atoms with Gasteiger partial charge in [-0.05, 0) is 23.0 Å². The first-order valence-electron chi connectivity index (χ1n) is 5.67. The molecule has 2 aromatic rings. The van der Waals surface area contributed by atoms with Crippen molar-refractivity contribution in [3.63, 3.8) is 0 Å². The fourth-order valence-electron chi connectivity index (χ4n) is 2.04. The Morgan fingerprint density at radius 2 is 1.52 bits per heavy atom. The van der Waals surface area contributed by atoms with Gasteiger partial charge in [0.25, 0.3) is 0 Å². The van der Waals surface area contributed by atoms with Crippen molar-refractivity contribution in [1.29, 1.82) is 0 Å². The minimum atomic E-state index is -2.19. The first-order chi connectivity index (χ1) is 9.81. The Kier molecular flexibility index (Phi) is 4.33. The Morgan fingerprint density at radius 1 is 1.05 bits per heavy atom. The molecular formula is C12H9BrF5N3. The van der Waals surface area contributed by atoms with Gasteiger partial charge in [-0.2, -0.15) is 5.10 Å². The Balaban J connectivity index is 2.75. The quantitative estimate of drug-likeness (QED) is 0.511. The zero-order chi connectivity index (χ0) is 15.9. The normalized spacial score (nSPS) is 12.8. The molecule has 0 spiro atoms. The van der Waals surface area contributed by atoms with E-state index in [1.165, 1.54) is 25.0 Å². The summed E-state index contributed by atoms with van der Waals surface area (Å²) in [6, 6.07) is -1.27. The molecule has 2 rings (SSSR count). The average Bonchev–Trinajstić information content (AvgIpc) is 2.79. The number of aryl methyl sites for hydroxylation is 1. The molecule has 1 aromatic heterocycles. The van der Waals surface area contributed by atoms with Crippen LogP contribution in [-0.2, 0) is 7.05 Å². The van der Waals surface area contributed by atoms with Crippen LogP contribution < -0.4 is 5.32 Å². The molecule has 0 fully saturated rings. The van der Waals surface area contributed by atoms with Crippen LogP contribution in [0.1, 0.15) is 17.3 Å². The van der Waals surface area contributed by atoms with E-state index in [9.17, 15) is 22.0 Å². The maximum Gasteiger partial charge on any atom is 0.200 e. The molecule has 1 aromatic carbocycles. The standard InChI is InChI=1S/C12H9BrF5N3/c1-19-11(12-4(13)3-20-21(12)2)5-6(14)8(16)10(18)9(17)7(5)15/h3,11,19H,1-2H3. The van der Waals surface area contributed by atoms with Crippen molar-refractivity contribution in [3.05, 3.63) is 51.0 Å². The predicted molar refractivity (Wildman–Crippen MR) is 68.0 cm³/mol. The Morgan fingerprint density at radius 3 is 1.90 bits per heavy atom. The predicted octanol–water partition coefficient (Wildman–Crippen LogP) is 3.19. The van der Waals surface area contributed by atoms with Gasteiger partial charge in [-0.25, -0.2) is 22.0 Å². The Labute approximate surface area is 124 Å². The first-order valence-corrected chi connectivity index (χ1v) is 6.46. The van der Waals surface area contributed by atoms with Gasteiger partial charge < -0.3 is 5.32 Å². The fourth-order valence-corrected chi connectivity index (χ4v) is 2.62. The van der Waals surface area contributed by atoms with Gasteiger partial charge in [-0.1, -0.05) is 0 Å². The summed E-state index contributed by atoms with van der Waals surface area (Å²) in [5.74, 6) is -9.91. The summed E-state index contributed by atoms with van der Waals surface area (Å²) in [7, 11) is 2.82. The summed E-state index contributed by atoms with van der Waals surface area (Å²) < 4.78 is 69.1. The van der Waals surface area contributed by atoms with Crippen LogP contribution in [-0.4, -0.2) is 16.8 Å². The molecule has 114 valence electrons. The van der Waals surface area contributed by atoms with E-state index in [1.54, 1.807) is 0 Å². The molecule has 1 N–H and O–H groups in total. The molecule has 0 aliphatic rings. The topological polar surface area (TPSA) is 29.9 Å². The van der Waals surface area contributed by atoms with Gasteiger partial charge in [0.05, 0.1) is 28.0 Å². The van der Waals surface area contributed by atoms with Crippen molar-refractivity contribution in [2.24, 2.45) is 7.05 Å². The number of nitrogens with one attached hydrogen (secondary N) is 1. The highest BCUT2D eigenvalue weighted by atomic mass is 79.9. The number of rotatable bonds is 3. The highest BCUT2D eigenvalue weighted by Crippen LogP contribution is 2.33. The highest BCUT2D eigenvalue weighted by Gasteiger charge is 2.32. The van der Waals surface area contributed by atoms with Crippen LogP contribution in [0.5, 0.6) is 0 Å². The van der Waals surface area contributed by atoms with E-state index in [-0.39, 0.29) is 5.69 Å². The Bertz CT molecular complexity index is 652. The van der Waals surface area contributed by atoms with Crippen LogP contribution in [0.15, 0.2) is 10.7 Å². The molecule has 1 unspecified atom stereocenters. The van der Waals surface area contributed by atoms with E-state index in [2.05, 4.69) is 26.3 Å². The molecular weight excluding hydrogens is 361 g/mol. The van der Waals surface area contributed by atoms with Crippen LogP contribution >= 0.6 is 15.9 Å². The molecule has 3 nitrogen and oxygen atoms in total. The number of hydrogen-bond acceptors (Lipinski definition) is 2. The second kappa shape index (κ2) is 5.72. The van der Waals surface area contributed by atoms with Crippen LogP contribution in [0.3, 0.4) is 0 Å². The molecule has 0 aliphatic heterocycles. The molecule has 0 saturated carbocycles. The fraction of sp³-hybridized carbons (Fsp3) is 0.250. The second-order valence-electron chi connectivity index (χ2n) is 4.21. The van der Waals surface area contributed by atoms with E-state index in [1.807, 2.05) is 0 Å². The molecule has 9 heteroatoms. The van der Waals surface area contributed by atoms with E-state index < -0.39 is 40.7 Å². The van der Waals surface area contributed by atoms with E-state index >= 15 is 0 Å². The van der Waals surface area contributed by atoms with Crippen molar-refractivity contribution < 1.29 is 22.0 Å². The third-order valence-electron chi connectivity index (χ3n) is 3.03. The molecule has 0 bridgehead atoms. The largest absolute Gasteiger partial charge is 0.308 e. The van der Waals surface area contributed by atoms with Crippen molar-refractivity contribution in [2.45, 2.75) is 6.04 Å². The Hall–Kier alpha value is -1.48. The monoisotopic (exact) mass is 369 g/mol. The van der Waals surface area contributed by atoms with Crippen LogP contribution in [0, 0.1) is 29.1 Å². The maximum absolute atomic E-state index is 13.9. The number of hydrogen-bond donors (Lipinski definition) is 1. The zero-order valence-corrected chi connectivity index (χ0v) is 12.4. The van der Waals surface area contributed by atoms with Crippen molar-refractivity contribution in [1.82, 2.24) is 15.1 Å². The summed E-state index contributed by atoms with van der Waals surface area (Å²) in [5, 5.41) is 6.39. The molecule has 1 heterocycles. The number of aromatic nitrogens is 2. The molecule has 0 saturated heterocycles. The number of benzene rings is 1. The average molecular weight is 370 g/mol. The van der Waals surface area contributed by atoms with Gasteiger partial charge in [-0.15, -0.1) is 0 Å². The molecule has 0 aliphatic carbocycles. The second-order valence-corrected chi connectivity index (χ2v) is 5.06. The van der Waals surface area contributed by atoms with Gasteiger partial charge in [0.2, 0.25) is 5.82 Å². The van der Waals surface area contributed by atoms with Crippen molar-refractivity contribution in [2.75, 3.05) is 7.05 Å². The van der Waals surface area contributed by atoms with Gasteiger partial charge >= 0.3 is 0 Å². The van der Waals surface area contributed by atoms with E-state index in [4.69, 9.17) is 0 Å². The summed E-state index contributed by atoms with van der Waals surface area (Å²) in [4.78, 5) is 0. The minimum Gasteiger partial charge on any atom is -0.308 e. The summed E-state index contributed by atoms with van der Waals surface area (Å²) in [6.45, 7) is 0. The number of nitrogens with zero attached hydrogens (tertiary/aromatic N) is 2. The van der Waals surface area contributed by atoms with Gasteiger partial charge in [0.15, 0.2) is 23.3 Å². The lowest BCUT2D eigenvalue weighted by atomic mass is 10.0. The van der Waals surface area contributed by atoms with Crippen molar-refractivity contribution >= 4 is 15.9 Å². The smallest absolute Gasteiger partial charge is 0.200 e. The van der Waals surface area contributed by atoms with Gasteiger partial charge in [0.1, 0.15) is 0 Å². The summed E-state index contributed by atoms with van der Waals surface area (Å²) >= 11 is 3.13. The van der Waals surface area contributed by atoms with Crippen LogP contribution in [0.25, 0.3) is 0 Å². The molecule has 0 amide bonds. The van der Waals surface area contributed by atoms with Crippen molar-refractivity contribution in [3.8, 4) is 0 Å². The van der Waals surface area contributed by atoms with E-state index in [0.29, 0.717) is 4.47 Å². The SMILES string of the molecule is CNC(c1c(F)c(F)c(F)c(F)c1F)c1c(Br)cnn1C. The minimum absolute atomic E-state index is 0.223. The lowest BCUT2D eigenvalue weighted by Gasteiger charge is -2.20. The van der Waals surface area contributed by atoms with E-state index in [0.717, 1.165) is 0 Å². The summed E-state index contributed by atoms with van der Waals surface area (Å²) in [5.41, 5.74) is -0.737. The lowest BCUT2D eigenvalue weighted by molar-refractivity contribution is 0.362. The molecule has 1 atom stereocenters. The number of halogens is 6. The third kappa shape index (κ3) is 2.44. The maximum atomic E-state index is 13.9. The van der Waals surface area contributed by atoms with Gasteiger partial charge in [0, 0.05) is 7.05 Å². The molecule has 0 radical (unpaired) electrons.